The van der Waals surface area contributed by atoms with Crippen molar-refractivity contribution >= 4 is 38.9 Å². The van der Waals surface area contributed by atoms with E-state index in [4.69, 9.17) is 0 Å². The van der Waals surface area contributed by atoms with Crippen LogP contribution in [-0.2, 0) is 19.6 Å². The molecule has 1 atom stereocenters. The summed E-state index contributed by atoms with van der Waals surface area (Å²) in [5, 5.41) is 4.42. The van der Waals surface area contributed by atoms with E-state index in [0.29, 0.717) is 30.6 Å². The fourth-order valence-electron chi connectivity index (χ4n) is 2.85. The lowest BCUT2D eigenvalue weighted by Gasteiger charge is -2.22. The first-order valence-electron chi connectivity index (χ1n) is 7.98. The molecule has 1 saturated heterocycles. The lowest BCUT2D eigenvalue weighted by Crippen LogP contribution is -2.42. The minimum Gasteiger partial charge on any atom is -0.465 e. The van der Waals surface area contributed by atoms with E-state index in [0.717, 1.165) is 11.3 Å². The Morgan fingerprint density at radius 3 is 2.58 bits per heavy atom. The summed E-state index contributed by atoms with van der Waals surface area (Å²) in [6.07, 6.45) is 1.10. The molecular weight excluding hydrogens is 376 g/mol. The number of benzene rings is 1. The third kappa shape index (κ3) is 3.64. The zero-order chi connectivity index (χ0) is 18.7. The molecule has 1 amide bonds. The van der Waals surface area contributed by atoms with Crippen LogP contribution in [0.4, 0.5) is 5.69 Å². The van der Waals surface area contributed by atoms with Gasteiger partial charge in [-0.1, -0.05) is 6.07 Å². The first-order chi connectivity index (χ1) is 12.4. The third-order valence-corrected chi connectivity index (χ3v) is 7.42. The van der Waals surface area contributed by atoms with Crippen molar-refractivity contribution in [2.45, 2.75) is 23.1 Å². The molecule has 0 bridgehead atoms. The molecule has 1 aliphatic heterocycles. The number of rotatable bonds is 5. The Hall–Kier alpha value is -2.23. The number of nitrogens with one attached hydrogen (secondary N) is 1. The summed E-state index contributed by atoms with van der Waals surface area (Å²) >= 11 is 1.14. The Labute approximate surface area is 155 Å². The van der Waals surface area contributed by atoms with Crippen molar-refractivity contribution in [3.63, 3.8) is 0 Å². The lowest BCUT2D eigenvalue weighted by molar-refractivity contribution is -0.119. The second-order valence-corrected chi connectivity index (χ2v) is 8.83. The maximum absolute atomic E-state index is 12.7. The maximum atomic E-state index is 12.7. The minimum atomic E-state index is -3.67. The number of ether oxygens (including phenoxy) is 1. The van der Waals surface area contributed by atoms with Gasteiger partial charge in [0.05, 0.1) is 12.7 Å². The van der Waals surface area contributed by atoms with E-state index in [1.54, 1.807) is 29.6 Å². The van der Waals surface area contributed by atoms with Crippen molar-refractivity contribution in [2.24, 2.45) is 0 Å². The number of esters is 1. The van der Waals surface area contributed by atoms with E-state index < -0.39 is 22.0 Å². The Bertz CT molecular complexity index is 892. The molecule has 1 aliphatic rings. The van der Waals surface area contributed by atoms with Gasteiger partial charge >= 0.3 is 5.97 Å². The summed E-state index contributed by atoms with van der Waals surface area (Å²) in [7, 11) is -2.38. The number of nitrogens with zero attached hydrogens (tertiary/aromatic N) is 1. The zero-order valence-electron chi connectivity index (χ0n) is 14.0. The molecule has 1 aromatic carbocycles. The number of hydrogen-bond donors (Lipinski definition) is 1. The van der Waals surface area contributed by atoms with Crippen molar-refractivity contribution in [1.29, 1.82) is 0 Å². The molecule has 26 heavy (non-hydrogen) atoms. The maximum Gasteiger partial charge on any atom is 0.337 e. The average Bonchev–Trinajstić information content (AvgIpc) is 3.33. The number of sulfonamides is 1. The Kier molecular flexibility index (Phi) is 5.40. The smallest absolute Gasteiger partial charge is 0.337 e. The summed E-state index contributed by atoms with van der Waals surface area (Å²) in [4.78, 5) is 24.1. The first-order valence-corrected chi connectivity index (χ1v) is 10.3. The highest BCUT2D eigenvalue weighted by molar-refractivity contribution is 7.91. The van der Waals surface area contributed by atoms with Gasteiger partial charge in [-0.3, -0.25) is 4.79 Å². The van der Waals surface area contributed by atoms with E-state index in [-0.39, 0.29) is 10.1 Å². The monoisotopic (exact) mass is 394 g/mol. The van der Waals surface area contributed by atoms with Crippen LogP contribution in [-0.4, -0.2) is 44.3 Å². The van der Waals surface area contributed by atoms with Crippen LogP contribution in [0.15, 0.2) is 46.0 Å². The first kappa shape index (κ1) is 18.6. The van der Waals surface area contributed by atoms with Gasteiger partial charge in [-0.2, -0.15) is 4.31 Å². The number of carbonyl (C=O) groups is 2. The summed E-state index contributed by atoms with van der Waals surface area (Å²) in [5.74, 6) is -0.847. The normalized spacial score (nSPS) is 17.8. The van der Waals surface area contributed by atoms with Crippen molar-refractivity contribution < 1.29 is 22.7 Å². The Morgan fingerprint density at radius 1 is 1.23 bits per heavy atom. The van der Waals surface area contributed by atoms with Crippen molar-refractivity contribution in [3.8, 4) is 0 Å². The van der Waals surface area contributed by atoms with E-state index in [1.807, 2.05) is 0 Å². The van der Waals surface area contributed by atoms with E-state index in [2.05, 4.69) is 10.1 Å². The predicted molar refractivity (Wildman–Crippen MR) is 97.6 cm³/mol. The number of hydrogen-bond acceptors (Lipinski definition) is 6. The van der Waals surface area contributed by atoms with Gasteiger partial charge in [0.25, 0.3) is 10.0 Å². The fourth-order valence-corrected chi connectivity index (χ4v) is 5.62. The van der Waals surface area contributed by atoms with Crippen LogP contribution in [0.1, 0.15) is 23.2 Å². The van der Waals surface area contributed by atoms with Gasteiger partial charge in [-0.15, -0.1) is 11.3 Å². The van der Waals surface area contributed by atoms with Crippen LogP contribution < -0.4 is 5.32 Å². The molecule has 1 N–H and O–H groups in total. The molecule has 138 valence electrons. The van der Waals surface area contributed by atoms with Crippen LogP contribution >= 0.6 is 11.3 Å². The summed E-state index contributed by atoms with van der Waals surface area (Å²) in [5.41, 5.74) is 0.858. The molecule has 0 spiro atoms. The molecular formula is C17H18N2O5S2. The SMILES string of the molecule is COC(=O)c1ccc(NC(=O)C2CCCN2S(=O)(=O)c2cccs2)cc1. The van der Waals surface area contributed by atoms with Gasteiger partial charge in [-0.25, -0.2) is 13.2 Å². The molecule has 2 heterocycles. The number of thiophene rings is 1. The molecule has 3 rings (SSSR count). The summed E-state index contributed by atoms with van der Waals surface area (Å²) in [6.45, 7) is 0.319. The standard InChI is InChI=1S/C17H18N2O5S2/c1-24-17(21)12-6-8-13(9-7-12)18-16(20)14-4-2-10-19(14)26(22,23)15-5-3-11-25-15/h3,5-9,11,14H,2,4,10H2,1H3,(H,18,20). The van der Waals surface area contributed by atoms with E-state index in [1.165, 1.54) is 23.5 Å². The molecule has 0 radical (unpaired) electrons. The van der Waals surface area contributed by atoms with Crippen LogP contribution in [0.25, 0.3) is 0 Å². The largest absolute Gasteiger partial charge is 0.465 e. The van der Waals surface area contributed by atoms with Crippen molar-refractivity contribution in [1.82, 2.24) is 4.31 Å². The molecule has 2 aromatic rings. The van der Waals surface area contributed by atoms with Crippen LogP contribution in [0.3, 0.4) is 0 Å². The molecule has 0 saturated carbocycles. The quantitative estimate of drug-likeness (QED) is 0.786. The van der Waals surface area contributed by atoms with Gasteiger partial charge in [-0.05, 0) is 48.6 Å². The number of anilines is 1. The topological polar surface area (TPSA) is 92.8 Å². The zero-order valence-corrected chi connectivity index (χ0v) is 15.7. The van der Waals surface area contributed by atoms with Gasteiger partial charge in [0.1, 0.15) is 10.3 Å². The number of methoxy groups -OCH3 is 1. The average molecular weight is 394 g/mol. The molecule has 7 nitrogen and oxygen atoms in total. The van der Waals surface area contributed by atoms with Gasteiger partial charge in [0.2, 0.25) is 5.91 Å². The number of amides is 1. The molecule has 9 heteroatoms. The van der Waals surface area contributed by atoms with Crippen LogP contribution in [0.5, 0.6) is 0 Å². The summed E-state index contributed by atoms with van der Waals surface area (Å²) in [6, 6.07) is 8.70. The highest BCUT2D eigenvalue weighted by Crippen LogP contribution is 2.29. The molecule has 0 aliphatic carbocycles. The Balaban J connectivity index is 1.74. The van der Waals surface area contributed by atoms with Gasteiger partial charge < -0.3 is 10.1 Å². The van der Waals surface area contributed by atoms with Crippen LogP contribution in [0, 0.1) is 0 Å². The van der Waals surface area contributed by atoms with E-state index in [9.17, 15) is 18.0 Å². The number of carbonyl (C=O) groups excluding carboxylic acids is 2. The predicted octanol–water partition coefficient (Wildman–Crippen LogP) is 2.33. The second kappa shape index (κ2) is 7.56. The Morgan fingerprint density at radius 2 is 1.96 bits per heavy atom. The lowest BCUT2D eigenvalue weighted by atomic mass is 10.2. The third-order valence-electron chi connectivity index (χ3n) is 4.14. The van der Waals surface area contributed by atoms with Crippen molar-refractivity contribution in [3.05, 3.63) is 47.3 Å². The molecule has 1 aromatic heterocycles. The summed E-state index contributed by atoms with van der Waals surface area (Å²) < 4.78 is 31.6. The van der Waals surface area contributed by atoms with Gasteiger partial charge in [0.15, 0.2) is 0 Å². The molecule has 1 unspecified atom stereocenters. The highest BCUT2D eigenvalue weighted by atomic mass is 32.2. The molecule has 1 fully saturated rings. The van der Waals surface area contributed by atoms with Gasteiger partial charge in [0, 0.05) is 12.2 Å². The fraction of sp³-hybridized carbons (Fsp3) is 0.294. The minimum absolute atomic E-state index is 0.236. The second-order valence-electron chi connectivity index (χ2n) is 5.76. The van der Waals surface area contributed by atoms with Crippen molar-refractivity contribution in [2.75, 3.05) is 19.0 Å². The highest BCUT2D eigenvalue weighted by Gasteiger charge is 2.39. The van der Waals surface area contributed by atoms with Crippen LogP contribution in [0.2, 0.25) is 0 Å². The van der Waals surface area contributed by atoms with E-state index >= 15 is 0 Å².